The lowest BCUT2D eigenvalue weighted by Crippen LogP contribution is -2.07. The lowest BCUT2D eigenvalue weighted by Gasteiger charge is -2.07. The van der Waals surface area contributed by atoms with E-state index in [1.54, 1.807) is 41.7 Å². The van der Waals surface area contributed by atoms with Crippen molar-refractivity contribution in [3.8, 4) is 11.4 Å². The molecule has 166 valence electrons. The van der Waals surface area contributed by atoms with Gasteiger partial charge in [0.05, 0.1) is 17.0 Å². The number of anilines is 1. The first kappa shape index (κ1) is 21.1. The number of halogens is 1. The van der Waals surface area contributed by atoms with Crippen LogP contribution in [0.25, 0.3) is 32.4 Å². The Balaban J connectivity index is 1.35. The largest absolute Gasteiger partial charge is 0.478 e. The average Bonchev–Trinajstić information content (AvgIpc) is 3.35. The molecule has 8 heteroatoms. The summed E-state index contributed by atoms with van der Waals surface area (Å²) in [5.41, 5.74) is 4.57. The van der Waals surface area contributed by atoms with E-state index in [2.05, 4.69) is 27.2 Å². The SMILES string of the molecule is Cc1sc2c(C)cc(F)cc2c1CCNc1cc(-c2cc3ccc(C(=O)O)cc3[nH]2)ncn1. The molecular formula is C25H21FN4O2S. The third-order valence-electron chi connectivity index (χ3n) is 5.74. The third-order valence-corrected chi connectivity index (χ3v) is 7.04. The number of hydrogen-bond acceptors (Lipinski definition) is 5. The second-order valence-electron chi connectivity index (χ2n) is 7.99. The zero-order valence-electron chi connectivity index (χ0n) is 18.1. The van der Waals surface area contributed by atoms with Crippen molar-refractivity contribution in [3.05, 3.63) is 76.2 Å². The van der Waals surface area contributed by atoms with Crippen LogP contribution in [0.1, 0.15) is 26.4 Å². The number of thiophene rings is 1. The Kier molecular flexibility index (Phi) is 5.30. The molecule has 3 aromatic heterocycles. The van der Waals surface area contributed by atoms with E-state index in [9.17, 15) is 14.3 Å². The van der Waals surface area contributed by atoms with Crippen molar-refractivity contribution in [3.63, 3.8) is 0 Å². The Labute approximate surface area is 193 Å². The number of carboxylic acids is 1. The topological polar surface area (TPSA) is 90.9 Å². The van der Waals surface area contributed by atoms with Crippen LogP contribution < -0.4 is 5.32 Å². The van der Waals surface area contributed by atoms with Crippen molar-refractivity contribution in [2.45, 2.75) is 20.3 Å². The van der Waals surface area contributed by atoms with Gasteiger partial charge >= 0.3 is 5.97 Å². The van der Waals surface area contributed by atoms with Crippen LogP contribution in [0.5, 0.6) is 0 Å². The van der Waals surface area contributed by atoms with Gasteiger partial charge in [0.2, 0.25) is 0 Å². The summed E-state index contributed by atoms with van der Waals surface area (Å²) in [6.07, 6.45) is 2.24. The Bertz CT molecular complexity index is 1520. The van der Waals surface area contributed by atoms with Crippen LogP contribution in [0.3, 0.4) is 0 Å². The number of benzene rings is 2. The lowest BCUT2D eigenvalue weighted by molar-refractivity contribution is 0.0697. The van der Waals surface area contributed by atoms with Gasteiger partial charge < -0.3 is 15.4 Å². The number of fused-ring (bicyclic) bond motifs is 2. The molecule has 0 aliphatic rings. The highest BCUT2D eigenvalue weighted by atomic mass is 32.1. The van der Waals surface area contributed by atoms with Gasteiger partial charge in [0, 0.05) is 33.1 Å². The molecule has 0 radical (unpaired) electrons. The molecular weight excluding hydrogens is 439 g/mol. The van der Waals surface area contributed by atoms with E-state index in [1.165, 1.54) is 11.2 Å². The summed E-state index contributed by atoms with van der Waals surface area (Å²) in [5, 5.41) is 14.4. The normalized spacial score (nSPS) is 11.4. The van der Waals surface area contributed by atoms with Crippen LogP contribution >= 0.6 is 11.3 Å². The molecule has 0 aliphatic carbocycles. The Morgan fingerprint density at radius 3 is 2.82 bits per heavy atom. The summed E-state index contributed by atoms with van der Waals surface area (Å²) in [6.45, 7) is 4.66. The molecule has 2 aromatic carbocycles. The van der Waals surface area contributed by atoms with Gasteiger partial charge in [0.1, 0.15) is 18.0 Å². The lowest BCUT2D eigenvalue weighted by atomic mass is 10.1. The minimum Gasteiger partial charge on any atom is -0.478 e. The molecule has 0 saturated heterocycles. The van der Waals surface area contributed by atoms with E-state index in [1.807, 2.05) is 19.1 Å². The second kappa shape index (κ2) is 8.29. The smallest absolute Gasteiger partial charge is 0.335 e. The number of rotatable bonds is 6. The van der Waals surface area contributed by atoms with E-state index < -0.39 is 5.97 Å². The molecule has 0 aliphatic heterocycles. The van der Waals surface area contributed by atoms with Crippen molar-refractivity contribution < 1.29 is 14.3 Å². The first-order chi connectivity index (χ1) is 15.9. The van der Waals surface area contributed by atoms with Crippen molar-refractivity contribution in [2.75, 3.05) is 11.9 Å². The van der Waals surface area contributed by atoms with Gasteiger partial charge in [0.25, 0.3) is 0 Å². The summed E-state index contributed by atoms with van der Waals surface area (Å²) < 4.78 is 15.1. The minimum atomic E-state index is -0.965. The van der Waals surface area contributed by atoms with Crippen molar-refractivity contribution >= 4 is 44.1 Å². The number of aromatic nitrogens is 3. The molecule has 0 atom stereocenters. The fourth-order valence-corrected chi connectivity index (χ4v) is 5.27. The first-order valence-corrected chi connectivity index (χ1v) is 11.3. The number of H-pyrrole nitrogens is 1. The van der Waals surface area contributed by atoms with Crippen LogP contribution in [0, 0.1) is 19.7 Å². The number of hydrogen-bond donors (Lipinski definition) is 3. The molecule has 0 fully saturated rings. The predicted octanol–water partition coefficient (Wildman–Crippen LogP) is 5.95. The van der Waals surface area contributed by atoms with E-state index >= 15 is 0 Å². The Morgan fingerprint density at radius 2 is 2.00 bits per heavy atom. The molecule has 0 unspecified atom stereocenters. The number of aromatic amines is 1. The highest BCUT2D eigenvalue weighted by molar-refractivity contribution is 7.19. The van der Waals surface area contributed by atoms with Gasteiger partial charge in [-0.15, -0.1) is 11.3 Å². The molecule has 0 spiro atoms. The second-order valence-corrected chi connectivity index (χ2v) is 9.22. The van der Waals surface area contributed by atoms with Crippen LogP contribution in [0.15, 0.2) is 48.8 Å². The summed E-state index contributed by atoms with van der Waals surface area (Å²) in [6, 6.07) is 12.0. The summed E-state index contributed by atoms with van der Waals surface area (Å²) >= 11 is 1.70. The standard InChI is InChI=1S/C25H21FN4O2S/c1-13-7-17(26)10-19-18(14(2)33-24(13)19)5-6-27-23-11-21(28-12-29-23)22-8-15-3-4-16(25(31)32)9-20(15)30-22/h3-4,7-12,30H,5-6H2,1-2H3,(H,31,32)(H,27,28,29). The number of nitrogens with zero attached hydrogens (tertiary/aromatic N) is 2. The quantitative estimate of drug-likeness (QED) is 0.291. The fraction of sp³-hybridized carbons (Fsp3) is 0.160. The van der Waals surface area contributed by atoms with E-state index in [4.69, 9.17) is 0 Å². The predicted molar refractivity (Wildman–Crippen MR) is 130 cm³/mol. The highest BCUT2D eigenvalue weighted by Gasteiger charge is 2.13. The summed E-state index contributed by atoms with van der Waals surface area (Å²) in [4.78, 5) is 24.3. The van der Waals surface area contributed by atoms with Gasteiger partial charge in [-0.3, -0.25) is 0 Å². The zero-order valence-corrected chi connectivity index (χ0v) is 18.9. The maximum absolute atomic E-state index is 14.0. The molecule has 0 bridgehead atoms. The third kappa shape index (κ3) is 4.05. The maximum Gasteiger partial charge on any atom is 0.335 e. The molecule has 33 heavy (non-hydrogen) atoms. The number of aryl methyl sites for hydroxylation is 2. The number of carbonyl (C=O) groups is 1. The summed E-state index contributed by atoms with van der Waals surface area (Å²) in [5.74, 6) is -0.487. The molecule has 5 aromatic rings. The van der Waals surface area contributed by atoms with Gasteiger partial charge in [-0.1, -0.05) is 6.07 Å². The van der Waals surface area contributed by atoms with E-state index in [-0.39, 0.29) is 11.4 Å². The Morgan fingerprint density at radius 1 is 1.15 bits per heavy atom. The fourth-order valence-electron chi connectivity index (χ4n) is 4.12. The number of carboxylic acid groups (broad SMARTS) is 1. The molecule has 0 amide bonds. The number of nitrogens with one attached hydrogen (secondary N) is 2. The maximum atomic E-state index is 14.0. The monoisotopic (exact) mass is 460 g/mol. The molecule has 5 rings (SSSR count). The molecule has 6 nitrogen and oxygen atoms in total. The molecule has 3 heterocycles. The minimum absolute atomic E-state index is 0.207. The van der Waals surface area contributed by atoms with Crippen LogP contribution in [0.2, 0.25) is 0 Å². The van der Waals surface area contributed by atoms with Crippen LogP contribution in [-0.4, -0.2) is 32.6 Å². The van der Waals surface area contributed by atoms with Crippen LogP contribution in [0.4, 0.5) is 10.2 Å². The number of aromatic carboxylic acids is 1. The van der Waals surface area contributed by atoms with Crippen molar-refractivity contribution in [2.24, 2.45) is 0 Å². The summed E-state index contributed by atoms with van der Waals surface area (Å²) in [7, 11) is 0. The van der Waals surface area contributed by atoms with Gasteiger partial charge in [-0.05, 0) is 67.1 Å². The molecule has 3 N–H and O–H groups in total. The van der Waals surface area contributed by atoms with Crippen LogP contribution in [-0.2, 0) is 6.42 Å². The van der Waals surface area contributed by atoms with Crippen molar-refractivity contribution in [1.82, 2.24) is 15.0 Å². The van der Waals surface area contributed by atoms with Gasteiger partial charge in [-0.2, -0.15) is 0 Å². The average molecular weight is 461 g/mol. The van der Waals surface area contributed by atoms with Gasteiger partial charge in [-0.25, -0.2) is 19.2 Å². The zero-order chi connectivity index (χ0) is 23.1. The van der Waals surface area contributed by atoms with Crippen molar-refractivity contribution in [1.29, 1.82) is 0 Å². The first-order valence-electron chi connectivity index (χ1n) is 10.5. The van der Waals surface area contributed by atoms with E-state index in [0.29, 0.717) is 18.1 Å². The highest BCUT2D eigenvalue weighted by Crippen LogP contribution is 2.34. The molecule has 0 saturated carbocycles. The van der Waals surface area contributed by atoms with Gasteiger partial charge in [0.15, 0.2) is 0 Å². The Hall–Kier alpha value is -3.78. The van der Waals surface area contributed by atoms with E-state index in [0.717, 1.165) is 44.2 Å².